The van der Waals surface area contributed by atoms with Gasteiger partial charge in [0, 0.05) is 6.42 Å². The van der Waals surface area contributed by atoms with Gasteiger partial charge >= 0.3 is 6.09 Å². The van der Waals surface area contributed by atoms with Crippen LogP contribution in [0.25, 0.3) is 0 Å². The molecule has 0 aromatic heterocycles. The fourth-order valence-electron chi connectivity index (χ4n) is 0.379. The summed E-state index contributed by atoms with van der Waals surface area (Å²) in [6.07, 6.45) is 3.31. The molecule has 10 heavy (non-hydrogen) atoms. The van der Waals surface area contributed by atoms with Crippen molar-refractivity contribution in [1.82, 2.24) is 0 Å². The number of aldehydes is 1. The van der Waals surface area contributed by atoms with Gasteiger partial charge in [0.15, 0.2) is 0 Å². The van der Waals surface area contributed by atoms with Gasteiger partial charge in [0.05, 0.1) is 6.61 Å². The van der Waals surface area contributed by atoms with Gasteiger partial charge in [0.25, 0.3) is 0 Å². The second-order valence-electron chi connectivity index (χ2n) is 1.52. The number of primary amides is 1. The molecule has 0 heterocycles. The number of carbonyl (C=O) groups is 2. The Kier molecular flexibility index (Phi) is 5.04. The Morgan fingerprint density at radius 1 is 1.60 bits per heavy atom. The van der Waals surface area contributed by atoms with Gasteiger partial charge in [0.2, 0.25) is 0 Å². The third-order valence-corrected chi connectivity index (χ3v) is 0.743. The third-order valence-electron chi connectivity index (χ3n) is 0.743. The summed E-state index contributed by atoms with van der Waals surface area (Å²) in [6.45, 7) is 0.222. The first-order valence-corrected chi connectivity index (χ1v) is 2.80. The van der Waals surface area contributed by atoms with Crippen LogP contribution in [-0.2, 0) is 9.53 Å². The van der Waals surface area contributed by atoms with E-state index in [4.69, 9.17) is 0 Å². The van der Waals surface area contributed by atoms with Crippen LogP contribution in [0, 0.1) is 0 Å². The first-order chi connectivity index (χ1) is 4.77. The molecule has 0 atom stereocenters. The van der Waals surface area contributed by atoms with Crippen molar-refractivity contribution in [2.24, 2.45) is 5.73 Å². The van der Waals surface area contributed by atoms with Crippen molar-refractivity contribution in [3.05, 3.63) is 12.2 Å². The molecule has 0 unspecified atom stereocenters. The van der Waals surface area contributed by atoms with Crippen molar-refractivity contribution in [2.75, 3.05) is 6.61 Å². The van der Waals surface area contributed by atoms with Crippen molar-refractivity contribution in [2.45, 2.75) is 6.42 Å². The van der Waals surface area contributed by atoms with E-state index in [1.165, 1.54) is 6.08 Å². The first kappa shape index (κ1) is 8.68. The second kappa shape index (κ2) is 5.81. The van der Waals surface area contributed by atoms with Gasteiger partial charge in [-0.05, 0) is 6.08 Å². The smallest absolute Gasteiger partial charge is 0.404 e. The van der Waals surface area contributed by atoms with E-state index >= 15 is 0 Å². The van der Waals surface area contributed by atoms with E-state index in [0.717, 1.165) is 0 Å². The highest BCUT2D eigenvalue weighted by Gasteiger charge is 1.88. The Labute approximate surface area is 58.7 Å². The Morgan fingerprint density at radius 3 is 2.80 bits per heavy atom. The number of amides is 1. The SMILES string of the molecule is NC(=O)OCCC=CC=O. The number of rotatable bonds is 4. The van der Waals surface area contributed by atoms with Gasteiger partial charge < -0.3 is 10.5 Å². The first-order valence-electron chi connectivity index (χ1n) is 2.80. The van der Waals surface area contributed by atoms with Crippen molar-refractivity contribution in [3.8, 4) is 0 Å². The molecule has 0 spiro atoms. The minimum Gasteiger partial charge on any atom is -0.449 e. The summed E-state index contributed by atoms with van der Waals surface area (Å²) in [6, 6.07) is 0. The van der Waals surface area contributed by atoms with Crippen LogP contribution in [0.3, 0.4) is 0 Å². The van der Waals surface area contributed by atoms with Crippen LogP contribution >= 0.6 is 0 Å². The van der Waals surface area contributed by atoms with E-state index in [9.17, 15) is 9.59 Å². The van der Waals surface area contributed by atoms with E-state index in [1.807, 2.05) is 0 Å². The molecule has 0 aromatic rings. The second-order valence-corrected chi connectivity index (χ2v) is 1.52. The number of allylic oxidation sites excluding steroid dienone is 1. The quantitative estimate of drug-likeness (QED) is 0.348. The molecule has 0 radical (unpaired) electrons. The van der Waals surface area contributed by atoms with E-state index in [0.29, 0.717) is 12.7 Å². The molecule has 0 bridgehead atoms. The Morgan fingerprint density at radius 2 is 2.30 bits per heavy atom. The minimum absolute atomic E-state index is 0.222. The van der Waals surface area contributed by atoms with Crippen LogP contribution < -0.4 is 5.73 Å². The van der Waals surface area contributed by atoms with E-state index in [1.54, 1.807) is 6.08 Å². The molecule has 0 saturated carbocycles. The molecule has 56 valence electrons. The lowest BCUT2D eigenvalue weighted by Crippen LogP contribution is -2.13. The van der Waals surface area contributed by atoms with Gasteiger partial charge in [-0.2, -0.15) is 0 Å². The fraction of sp³-hybridized carbons (Fsp3) is 0.333. The van der Waals surface area contributed by atoms with E-state index < -0.39 is 6.09 Å². The summed E-state index contributed by atoms with van der Waals surface area (Å²) in [5.41, 5.74) is 4.65. The topological polar surface area (TPSA) is 69.4 Å². The van der Waals surface area contributed by atoms with E-state index in [2.05, 4.69) is 10.5 Å². The van der Waals surface area contributed by atoms with Crippen LogP contribution in [0.2, 0.25) is 0 Å². The van der Waals surface area contributed by atoms with Gasteiger partial charge in [-0.15, -0.1) is 0 Å². The lowest BCUT2D eigenvalue weighted by Gasteiger charge is -1.94. The van der Waals surface area contributed by atoms with Crippen LogP contribution in [0.15, 0.2) is 12.2 Å². The molecule has 4 heteroatoms. The summed E-state index contributed by atoms with van der Waals surface area (Å²) < 4.78 is 4.36. The van der Waals surface area contributed by atoms with Gasteiger partial charge in [-0.3, -0.25) is 4.79 Å². The third kappa shape index (κ3) is 6.68. The van der Waals surface area contributed by atoms with E-state index in [-0.39, 0.29) is 6.61 Å². The molecule has 0 aliphatic carbocycles. The zero-order chi connectivity index (χ0) is 7.82. The predicted octanol–water partition coefficient (Wildman–Crippen LogP) is 0.227. The summed E-state index contributed by atoms with van der Waals surface area (Å²) in [5.74, 6) is 0. The number of hydrogen-bond donors (Lipinski definition) is 1. The zero-order valence-corrected chi connectivity index (χ0v) is 5.45. The Hall–Kier alpha value is -1.32. The number of ether oxygens (including phenoxy) is 1. The zero-order valence-electron chi connectivity index (χ0n) is 5.45. The largest absolute Gasteiger partial charge is 0.449 e. The highest BCUT2D eigenvalue weighted by Crippen LogP contribution is 1.83. The molecule has 0 aliphatic heterocycles. The molecule has 0 rings (SSSR count). The summed E-state index contributed by atoms with van der Waals surface area (Å²) in [4.78, 5) is 19.6. The molecule has 0 saturated heterocycles. The van der Waals surface area contributed by atoms with Crippen molar-refractivity contribution < 1.29 is 14.3 Å². The summed E-state index contributed by atoms with van der Waals surface area (Å²) >= 11 is 0. The van der Waals surface area contributed by atoms with Crippen molar-refractivity contribution >= 4 is 12.4 Å². The predicted molar refractivity (Wildman–Crippen MR) is 35.4 cm³/mol. The molecular weight excluding hydrogens is 134 g/mol. The molecule has 2 N–H and O–H groups in total. The molecular formula is C6H9NO3. The summed E-state index contributed by atoms with van der Waals surface area (Å²) in [5, 5.41) is 0. The van der Waals surface area contributed by atoms with Crippen molar-refractivity contribution in [3.63, 3.8) is 0 Å². The molecule has 0 aliphatic rings. The molecule has 1 amide bonds. The van der Waals surface area contributed by atoms with Gasteiger partial charge in [0.1, 0.15) is 6.29 Å². The monoisotopic (exact) mass is 143 g/mol. The minimum atomic E-state index is -0.792. The summed E-state index contributed by atoms with van der Waals surface area (Å²) in [7, 11) is 0. The maximum atomic E-state index is 9.94. The number of hydrogen-bond acceptors (Lipinski definition) is 3. The van der Waals surface area contributed by atoms with Crippen LogP contribution in [-0.4, -0.2) is 19.0 Å². The average Bonchev–Trinajstić information content (AvgIpc) is 1.87. The average molecular weight is 143 g/mol. The number of nitrogens with two attached hydrogens (primary N) is 1. The highest BCUT2D eigenvalue weighted by molar-refractivity contribution is 5.65. The normalized spacial score (nSPS) is 9.60. The Bertz CT molecular complexity index is 142. The van der Waals surface area contributed by atoms with Gasteiger partial charge in [-0.1, -0.05) is 6.08 Å². The Balaban J connectivity index is 3.12. The maximum absolute atomic E-state index is 9.94. The molecule has 0 aromatic carbocycles. The van der Waals surface area contributed by atoms with Crippen LogP contribution in [0.4, 0.5) is 4.79 Å². The highest BCUT2D eigenvalue weighted by atomic mass is 16.5. The van der Waals surface area contributed by atoms with Gasteiger partial charge in [-0.25, -0.2) is 4.79 Å². The molecule has 4 nitrogen and oxygen atoms in total. The van der Waals surface area contributed by atoms with Crippen LogP contribution in [0.1, 0.15) is 6.42 Å². The maximum Gasteiger partial charge on any atom is 0.404 e. The van der Waals surface area contributed by atoms with Crippen molar-refractivity contribution in [1.29, 1.82) is 0 Å². The van der Waals surface area contributed by atoms with Crippen LogP contribution in [0.5, 0.6) is 0 Å². The lowest BCUT2D eigenvalue weighted by atomic mass is 10.4. The molecule has 0 fully saturated rings. The lowest BCUT2D eigenvalue weighted by molar-refractivity contribution is -0.104. The number of carbonyl (C=O) groups excluding carboxylic acids is 2. The fourth-order valence-corrected chi connectivity index (χ4v) is 0.379. The standard InChI is InChI=1S/C6H9NO3/c7-6(9)10-5-3-1-2-4-8/h1-2,4H,3,5H2,(H2,7,9).